The zero-order chi connectivity index (χ0) is 21.2. The lowest BCUT2D eigenvalue weighted by molar-refractivity contribution is 0.0688. The van der Waals surface area contributed by atoms with E-state index in [1.807, 2.05) is 0 Å². The third kappa shape index (κ3) is 5.82. The Hall–Kier alpha value is -3.36. The van der Waals surface area contributed by atoms with Gasteiger partial charge in [0.05, 0.1) is 13.2 Å². The largest absolute Gasteiger partial charge is 0.444 e. The summed E-state index contributed by atoms with van der Waals surface area (Å²) < 4.78 is 15.7. The van der Waals surface area contributed by atoms with Gasteiger partial charge in [0.2, 0.25) is 5.89 Å². The number of nitrogens with one attached hydrogen (secondary N) is 1. The van der Waals surface area contributed by atoms with Crippen molar-refractivity contribution in [3.63, 3.8) is 0 Å². The van der Waals surface area contributed by atoms with E-state index in [2.05, 4.69) is 15.3 Å². The van der Waals surface area contributed by atoms with E-state index in [1.165, 1.54) is 12.5 Å². The monoisotopic (exact) mass is 409 g/mol. The lowest BCUT2D eigenvalue weighted by atomic mass is 10.0. The molecule has 1 N–H and O–H groups in total. The van der Waals surface area contributed by atoms with Gasteiger partial charge in [0, 0.05) is 49.3 Å². The van der Waals surface area contributed by atoms with Gasteiger partial charge in [0.1, 0.15) is 6.26 Å². The summed E-state index contributed by atoms with van der Waals surface area (Å²) in [4.78, 5) is 32.8. The highest BCUT2D eigenvalue weighted by Gasteiger charge is 2.14. The number of hydrogen-bond acceptors (Lipinski definition) is 7. The van der Waals surface area contributed by atoms with Gasteiger partial charge in [-0.1, -0.05) is 12.1 Å². The van der Waals surface area contributed by atoms with E-state index in [1.54, 1.807) is 49.7 Å². The van der Waals surface area contributed by atoms with Gasteiger partial charge in [-0.05, 0) is 30.7 Å². The normalized spacial score (nSPS) is 10.7. The molecule has 8 nitrogen and oxygen atoms in total. The van der Waals surface area contributed by atoms with Crippen molar-refractivity contribution < 1.29 is 23.5 Å². The van der Waals surface area contributed by atoms with Crippen molar-refractivity contribution in [3.05, 3.63) is 71.9 Å². The predicted molar refractivity (Wildman–Crippen MR) is 109 cm³/mol. The second-order valence-electron chi connectivity index (χ2n) is 6.40. The smallest absolute Gasteiger partial charge is 0.273 e. The number of ketones is 1. The molecule has 0 saturated carbocycles. The van der Waals surface area contributed by atoms with Crippen LogP contribution in [0.25, 0.3) is 11.5 Å². The molecular formula is C22H23N3O5. The minimum Gasteiger partial charge on any atom is -0.444 e. The van der Waals surface area contributed by atoms with Crippen molar-refractivity contribution in [2.45, 2.75) is 6.42 Å². The Morgan fingerprint density at radius 2 is 1.90 bits per heavy atom. The average molecular weight is 409 g/mol. The first-order chi connectivity index (χ1) is 14.7. The maximum absolute atomic E-state index is 12.4. The van der Waals surface area contributed by atoms with Crippen LogP contribution < -0.4 is 5.32 Å². The third-order valence-corrected chi connectivity index (χ3v) is 4.24. The van der Waals surface area contributed by atoms with E-state index in [0.29, 0.717) is 55.4 Å². The van der Waals surface area contributed by atoms with Crippen LogP contribution in [0.2, 0.25) is 0 Å². The summed E-state index contributed by atoms with van der Waals surface area (Å²) in [6, 6.07) is 10.3. The molecule has 0 unspecified atom stereocenters. The average Bonchev–Trinajstić information content (AvgIpc) is 3.29. The maximum atomic E-state index is 12.4. The van der Waals surface area contributed by atoms with Crippen molar-refractivity contribution in [1.29, 1.82) is 0 Å². The summed E-state index contributed by atoms with van der Waals surface area (Å²) in [5.41, 5.74) is 1.91. The number of pyridine rings is 1. The molecule has 0 spiro atoms. The van der Waals surface area contributed by atoms with E-state index in [4.69, 9.17) is 13.9 Å². The number of carbonyl (C=O) groups is 2. The molecule has 0 atom stereocenters. The van der Waals surface area contributed by atoms with Gasteiger partial charge in [-0.25, -0.2) is 4.98 Å². The number of aromatic nitrogens is 2. The molecule has 3 aromatic rings. The molecule has 1 amide bonds. The second kappa shape index (κ2) is 11.0. The Kier molecular flexibility index (Phi) is 7.82. The van der Waals surface area contributed by atoms with E-state index in [0.717, 1.165) is 0 Å². The molecular weight excluding hydrogens is 386 g/mol. The number of ether oxygens (including phenoxy) is 2. The lowest BCUT2D eigenvalue weighted by Crippen LogP contribution is -2.25. The standard InChI is InChI=1S/C22H23N3O5/c1-28-12-13-29-11-3-10-24-21(27)19-15-30-22(25-19)17-7-5-16(6-8-17)20(26)18-4-2-9-23-14-18/h2,4-9,14-15H,3,10-13H2,1H3,(H,24,27). The van der Waals surface area contributed by atoms with Crippen molar-refractivity contribution in [3.8, 4) is 11.5 Å². The summed E-state index contributed by atoms with van der Waals surface area (Å²) in [5, 5.41) is 2.77. The SMILES string of the molecule is COCCOCCCNC(=O)c1coc(-c2ccc(C(=O)c3cccnc3)cc2)n1. The van der Waals surface area contributed by atoms with Crippen molar-refractivity contribution in [2.24, 2.45) is 0 Å². The minimum absolute atomic E-state index is 0.117. The number of benzene rings is 1. The summed E-state index contributed by atoms with van der Waals surface area (Å²) in [6.45, 7) is 2.09. The highest BCUT2D eigenvalue weighted by atomic mass is 16.5. The summed E-state index contributed by atoms with van der Waals surface area (Å²) in [7, 11) is 1.62. The van der Waals surface area contributed by atoms with Gasteiger partial charge >= 0.3 is 0 Å². The summed E-state index contributed by atoms with van der Waals surface area (Å²) in [6.07, 6.45) is 5.15. The van der Waals surface area contributed by atoms with Crippen LogP contribution in [-0.4, -0.2) is 55.1 Å². The highest BCUT2D eigenvalue weighted by Crippen LogP contribution is 2.20. The molecule has 2 aromatic heterocycles. The molecule has 30 heavy (non-hydrogen) atoms. The summed E-state index contributed by atoms with van der Waals surface area (Å²) in [5.74, 6) is -0.123. The molecule has 0 saturated heterocycles. The van der Waals surface area contributed by atoms with E-state index < -0.39 is 0 Å². The fourth-order valence-corrected chi connectivity index (χ4v) is 2.65. The molecule has 8 heteroatoms. The fraction of sp³-hybridized carbons (Fsp3) is 0.273. The van der Waals surface area contributed by atoms with Gasteiger partial charge in [-0.15, -0.1) is 0 Å². The van der Waals surface area contributed by atoms with Gasteiger partial charge in [-0.2, -0.15) is 0 Å². The van der Waals surface area contributed by atoms with Crippen LogP contribution in [0.3, 0.4) is 0 Å². The molecule has 2 heterocycles. The Balaban J connectivity index is 1.53. The summed E-state index contributed by atoms with van der Waals surface area (Å²) >= 11 is 0. The molecule has 0 aliphatic carbocycles. The first-order valence-electron chi connectivity index (χ1n) is 9.54. The molecule has 1 aromatic carbocycles. The van der Waals surface area contributed by atoms with Gasteiger partial charge < -0.3 is 19.2 Å². The second-order valence-corrected chi connectivity index (χ2v) is 6.40. The molecule has 0 aliphatic rings. The Morgan fingerprint density at radius 3 is 2.63 bits per heavy atom. The van der Waals surface area contributed by atoms with Crippen molar-refractivity contribution >= 4 is 11.7 Å². The number of rotatable bonds is 11. The maximum Gasteiger partial charge on any atom is 0.273 e. The van der Waals surface area contributed by atoms with Crippen LogP contribution in [0.4, 0.5) is 0 Å². The molecule has 3 rings (SSSR count). The highest BCUT2D eigenvalue weighted by molar-refractivity contribution is 6.08. The topological polar surface area (TPSA) is 104 Å². The van der Waals surface area contributed by atoms with Crippen LogP contribution in [0.1, 0.15) is 32.8 Å². The number of methoxy groups -OCH3 is 1. The molecule has 0 bridgehead atoms. The predicted octanol–water partition coefficient (Wildman–Crippen LogP) is 2.75. The quantitative estimate of drug-likeness (QED) is 0.384. The van der Waals surface area contributed by atoms with Gasteiger partial charge in [-0.3, -0.25) is 14.6 Å². The number of carbonyl (C=O) groups excluding carboxylic acids is 2. The molecule has 0 aliphatic heterocycles. The number of amides is 1. The lowest BCUT2D eigenvalue weighted by Gasteiger charge is -2.04. The minimum atomic E-state index is -0.315. The van der Waals surface area contributed by atoms with E-state index in [9.17, 15) is 9.59 Å². The van der Waals surface area contributed by atoms with Crippen LogP contribution >= 0.6 is 0 Å². The zero-order valence-corrected chi connectivity index (χ0v) is 16.7. The van der Waals surface area contributed by atoms with Crippen LogP contribution in [0.5, 0.6) is 0 Å². The van der Waals surface area contributed by atoms with E-state index >= 15 is 0 Å². The molecule has 156 valence electrons. The Labute approximate surface area is 174 Å². The first kappa shape index (κ1) is 21.4. The van der Waals surface area contributed by atoms with Crippen molar-refractivity contribution in [2.75, 3.05) is 33.5 Å². The Morgan fingerprint density at radius 1 is 1.07 bits per heavy atom. The van der Waals surface area contributed by atoms with Crippen molar-refractivity contribution in [1.82, 2.24) is 15.3 Å². The number of nitrogens with zero attached hydrogens (tertiary/aromatic N) is 2. The number of hydrogen-bond donors (Lipinski definition) is 1. The zero-order valence-electron chi connectivity index (χ0n) is 16.7. The van der Waals surface area contributed by atoms with E-state index in [-0.39, 0.29) is 17.4 Å². The van der Waals surface area contributed by atoms with Gasteiger partial charge in [0.15, 0.2) is 11.5 Å². The van der Waals surface area contributed by atoms with Gasteiger partial charge in [0.25, 0.3) is 5.91 Å². The molecule has 0 fully saturated rings. The fourth-order valence-electron chi connectivity index (χ4n) is 2.65. The first-order valence-corrected chi connectivity index (χ1v) is 9.54. The number of oxazole rings is 1. The van der Waals surface area contributed by atoms with Crippen LogP contribution in [0, 0.1) is 0 Å². The third-order valence-electron chi connectivity index (χ3n) is 4.24. The van der Waals surface area contributed by atoms with Crippen LogP contribution in [0.15, 0.2) is 59.5 Å². The van der Waals surface area contributed by atoms with Crippen LogP contribution in [-0.2, 0) is 9.47 Å². The molecule has 0 radical (unpaired) electrons. The Bertz CT molecular complexity index is 954.